The molecule has 2 aromatic rings. The number of thiocarbonyl (C=S) groups is 1. The van der Waals surface area contributed by atoms with Gasteiger partial charge in [-0.1, -0.05) is 30.3 Å². The summed E-state index contributed by atoms with van der Waals surface area (Å²) in [6.45, 7) is 2.05. The first-order valence-electron chi connectivity index (χ1n) is 8.09. The van der Waals surface area contributed by atoms with Crippen LogP contribution in [-0.4, -0.2) is 31.0 Å². The van der Waals surface area contributed by atoms with Crippen LogP contribution in [0.5, 0.6) is 5.75 Å². The fraction of sp³-hybridized carbons (Fsp3) is 0.211. The van der Waals surface area contributed by atoms with Gasteiger partial charge in [0.05, 0.1) is 19.9 Å². The fourth-order valence-electron chi connectivity index (χ4n) is 2.17. The van der Waals surface area contributed by atoms with Gasteiger partial charge in [0.2, 0.25) is 0 Å². The third kappa shape index (κ3) is 5.86. The van der Waals surface area contributed by atoms with Gasteiger partial charge in [-0.05, 0) is 54.5 Å². The summed E-state index contributed by atoms with van der Waals surface area (Å²) in [6.07, 6.45) is 1.62. The maximum atomic E-state index is 12.2. The Hall–Kier alpha value is -2.93. The lowest BCUT2D eigenvalue weighted by atomic mass is 10.1. The van der Waals surface area contributed by atoms with Gasteiger partial charge < -0.3 is 14.8 Å². The first-order valence-corrected chi connectivity index (χ1v) is 8.50. The number of methoxy groups -OCH3 is 1. The highest BCUT2D eigenvalue weighted by atomic mass is 32.1. The maximum absolute atomic E-state index is 12.2. The van der Waals surface area contributed by atoms with Gasteiger partial charge in [-0.2, -0.15) is 5.10 Å². The van der Waals surface area contributed by atoms with E-state index in [4.69, 9.17) is 21.7 Å². The molecule has 0 fully saturated rings. The lowest BCUT2D eigenvalue weighted by Gasteiger charge is -2.18. The van der Waals surface area contributed by atoms with E-state index in [1.165, 1.54) is 0 Å². The standard InChI is InChI=1S/C19H21N3O3S/c1-3-25-18(23)17(15-7-5-4-6-8-15)21-19(26)22-20-13-14-9-11-16(24-2)12-10-14/h4-13,17H,3H2,1-2H3,(H2,21,22,26)/b20-13-/t17-/m0/s1. The van der Waals surface area contributed by atoms with E-state index in [0.717, 1.165) is 16.9 Å². The van der Waals surface area contributed by atoms with E-state index in [9.17, 15) is 4.79 Å². The van der Waals surface area contributed by atoms with Crippen LogP contribution in [0, 0.1) is 0 Å². The normalized spacial score (nSPS) is 11.6. The predicted octanol–water partition coefficient (Wildman–Crippen LogP) is 2.80. The van der Waals surface area contributed by atoms with Crippen molar-refractivity contribution in [2.24, 2.45) is 5.10 Å². The molecule has 0 saturated carbocycles. The van der Waals surface area contributed by atoms with Crippen LogP contribution in [0.4, 0.5) is 0 Å². The molecule has 0 unspecified atom stereocenters. The van der Waals surface area contributed by atoms with E-state index in [2.05, 4.69) is 15.8 Å². The minimum absolute atomic E-state index is 0.219. The molecule has 0 bridgehead atoms. The zero-order chi connectivity index (χ0) is 18.8. The third-order valence-corrected chi connectivity index (χ3v) is 3.64. The molecule has 136 valence electrons. The molecule has 0 aliphatic rings. The molecule has 6 nitrogen and oxygen atoms in total. The zero-order valence-electron chi connectivity index (χ0n) is 14.6. The Morgan fingerprint density at radius 2 is 1.88 bits per heavy atom. The summed E-state index contributed by atoms with van der Waals surface area (Å²) in [5.41, 5.74) is 4.35. The first kappa shape index (κ1) is 19.4. The second-order valence-corrected chi connectivity index (χ2v) is 5.62. The molecule has 0 aliphatic heterocycles. The lowest BCUT2D eigenvalue weighted by molar-refractivity contribution is -0.145. The van der Waals surface area contributed by atoms with Crippen molar-refractivity contribution in [2.75, 3.05) is 13.7 Å². The smallest absolute Gasteiger partial charge is 0.333 e. The van der Waals surface area contributed by atoms with Gasteiger partial charge in [0.25, 0.3) is 0 Å². The maximum Gasteiger partial charge on any atom is 0.333 e. The SMILES string of the molecule is CCOC(=O)[C@@H](NC(=S)N/N=C\c1ccc(OC)cc1)c1ccccc1. The molecule has 0 heterocycles. The van der Waals surface area contributed by atoms with Crippen molar-refractivity contribution in [2.45, 2.75) is 13.0 Å². The lowest BCUT2D eigenvalue weighted by Crippen LogP contribution is -2.39. The number of hydrazone groups is 1. The Morgan fingerprint density at radius 1 is 1.19 bits per heavy atom. The Labute approximate surface area is 158 Å². The highest BCUT2D eigenvalue weighted by molar-refractivity contribution is 7.80. The van der Waals surface area contributed by atoms with Crippen LogP contribution in [0.25, 0.3) is 0 Å². The number of rotatable bonds is 7. The number of carbonyl (C=O) groups is 1. The second-order valence-electron chi connectivity index (χ2n) is 5.21. The van der Waals surface area contributed by atoms with Crippen LogP contribution in [0.15, 0.2) is 59.7 Å². The second kappa shape index (κ2) is 10.1. The third-order valence-electron chi connectivity index (χ3n) is 3.43. The van der Waals surface area contributed by atoms with Crippen LogP contribution < -0.4 is 15.5 Å². The van der Waals surface area contributed by atoms with Crippen molar-refractivity contribution in [3.63, 3.8) is 0 Å². The molecule has 2 aromatic carbocycles. The molecule has 0 saturated heterocycles. The number of benzene rings is 2. The van der Waals surface area contributed by atoms with E-state index in [1.807, 2.05) is 54.6 Å². The number of hydrogen-bond donors (Lipinski definition) is 2. The highest BCUT2D eigenvalue weighted by Crippen LogP contribution is 2.14. The quantitative estimate of drug-likeness (QED) is 0.338. The van der Waals surface area contributed by atoms with Gasteiger partial charge in [0, 0.05) is 0 Å². The summed E-state index contributed by atoms with van der Waals surface area (Å²) in [5, 5.41) is 7.23. The van der Waals surface area contributed by atoms with Crippen molar-refractivity contribution >= 4 is 29.5 Å². The molecule has 26 heavy (non-hydrogen) atoms. The molecular weight excluding hydrogens is 350 g/mol. The molecule has 0 spiro atoms. The summed E-state index contributed by atoms with van der Waals surface area (Å²) in [7, 11) is 1.61. The number of nitrogens with zero attached hydrogens (tertiary/aromatic N) is 1. The molecule has 0 radical (unpaired) electrons. The summed E-state index contributed by atoms with van der Waals surface area (Å²) >= 11 is 5.22. The van der Waals surface area contributed by atoms with E-state index in [-0.39, 0.29) is 5.11 Å². The van der Waals surface area contributed by atoms with Gasteiger partial charge in [-0.3, -0.25) is 5.43 Å². The van der Waals surface area contributed by atoms with Crippen molar-refractivity contribution in [1.82, 2.24) is 10.7 Å². The number of nitrogens with one attached hydrogen (secondary N) is 2. The fourth-order valence-corrected chi connectivity index (χ4v) is 2.34. The van der Waals surface area contributed by atoms with Crippen molar-refractivity contribution in [3.05, 3.63) is 65.7 Å². The number of carbonyl (C=O) groups excluding carboxylic acids is 1. The van der Waals surface area contributed by atoms with Gasteiger partial charge in [-0.25, -0.2) is 4.79 Å². The number of esters is 1. The van der Waals surface area contributed by atoms with Gasteiger partial charge in [-0.15, -0.1) is 0 Å². The van der Waals surface area contributed by atoms with Gasteiger partial charge >= 0.3 is 5.97 Å². The highest BCUT2D eigenvalue weighted by Gasteiger charge is 2.22. The molecule has 2 rings (SSSR count). The van der Waals surface area contributed by atoms with E-state index in [1.54, 1.807) is 20.2 Å². The van der Waals surface area contributed by atoms with E-state index >= 15 is 0 Å². The molecule has 0 aromatic heterocycles. The largest absolute Gasteiger partial charge is 0.497 e. The van der Waals surface area contributed by atoms with E-state index in [0.29, 0.717) is 6.61 Å². The summed E-state index contributed by atoms with van der Waals surface area (Å²) in [6, 6.07) is 15.9. The Morgan fingerprint density at radius 3 is 2.50 bits per heavy atom. The minimum Gasteiger partial charge on any atom is -0.497 e. The molecule has 0 aliphatic carbocycles. The Kier molecular flexibility index (Phi) is 7.57. The monoisotopic (exact) mass is 371 g/mol. The molecular formula is C19H21N3O3S. The van der Waals surface area contributed by atoms with Gasteiger partial charge in [0.15, 0.2) is 11.2 Å². The molecule has 1 atom stereocenters. The zero-order valence-corrected chi connectivity index (χ0v) is 15.5. The summed E-state index contributed by atoms with van der Waals surface area (Å²) in [5.74, 6) is 0.370. The first-order chi connectivity index (χ1) is 12.6. The van der Waals surface area contributed by atoms with Crippen LogP contribution in [-0.2, 0) is 9.53 Å². The van der Waals surface area contributed by atoms with Crippen molar-refractivity contribution in [1.29, 1.82) is 0 Å². The molecule has 7 heteroatoms. The van der Waals surface area contributed by atoms with Crippen LogP contribution in [0.1, 0.15) is 24.1 Å². The average Bonchev–Trinajstić information content (AvgIpc) is 2.67. The predicted molar refractivity (Wildman–Crippen MR) is 105 cm³/mol. The topological polar surface area (TPSA) is 72.0 Å². The summed E-state index contributed by atoms with van der Waals surface area (Å²) < 4.78 is 10.2. The van der Waals surface area contributed by atoms with Crippen molar-refractivity contribution < 1.29 is 14.3 Å². The Balaban J connectivity index is 1.97. The van der Waals surface area contributed by atoms with Crippen LogP contribution in [0.3, 0.4) is 0 Å². The molecule has 2 N–H and O–H groups in total. The minimum atomic E-state index is -0.702. The molecule has 0 amide bonds. The summed E-state index contributed by atoms with van der Waals surface area (Å²) in [4.78, 5) is 12.2. The van der Waals surface area contributed by atoms with Crippen LogP contribution in [0.2, 0.25) is 0 Å². The van der Waals surface area contributed by atoms with Crippen LogP contribution >= 0.6 is 12.2 Å². The van der Waals surface area contributed by atoms with E-state index < -0.39 is 12.0 Å². The average molecular weight is 371 g/mol. The van der Waals surface area contributed by atoms with Gasteiger partial charge in [0.1, 0.15) is 5.75 Å². The van der Waals surface area contributed by atoms with Crippen molar-refractivity contribution in [3.8, 4) is 5.75 Å². The number of hydrogen-bond acceptors (Lipinski definition) is 5. The Bertz CT molecular complexity index is 748. The number of ether oxygens (including phenoxy) is 2.